The third-order valence-electron chi connectivity index (χ3n) is 5.10. The molecule has 1 heterocycles. The molecule has 0 spiro atoms. The van der Waals surface area contributed by atoms with Crippen molar-refractivity contribution >= 4 is 22.5 Å². The van der Waals surface area contributed by atoms with E-state index in [0.717, 1.165) is 22.2 Å². The molecule has 0 radical (unpaired) electrons. The van der Waals surface area contributed by atoms with Gasteiger partial charge in [0.05, 0.1) is 11.3 Å². The van der Waals surface area contributed by atoms with Crippen LogP contribution in [-0.2, 0) is 16.0 Å². The number of aromatic nitrogens is 1. The summed E-state index contributed by atoms with van der Waals surface area (Å²) in [6, 6.07) is 19.6. The molecule has 3 heteroatoms. The van der Waals surface area contributed by atoms with E-state index < -0.39 is 5.41 Å². The fraction of sp³-hybridized carbons (Fsp3) is 0.182. The van der Waals surface area contributed by atoms with Crippen molar-refractivity contribution in [3.8, 4) is 0 Å². The van der Waals surface area contributed by atoms with Crippen LogP contribution < -0.4 is 0 Å². The zero-order chi connectivity index (χ0) is 17.4. The summed E-state index contributed by atoms with van der Waals surface area (Å²) in [6.45, 7) is 1.77. The molecule has 0 saturated heterocycles. The Morgan fingerprint density at radius 3 is 2.48 bits per heavy atom. The van der Waals surface area contributed by atoms with Crippen molar-refractivity contribution in [3.05, 3.63) is 84.1 Å². The Balaban J connectivity index is 1.70. The predicted molar refractivity (Wildman–Crippen MR) is 98.4 cm³/mol. The van der Waals surface area contributed by atoms with Crippen molar-refractivity contribution in [2.75, 3.05) is 0 Å². The Morgan fingerprint density at radius 2 is 1.72 bits per heavy atom. The summed E-state index contributed by atoms with van der Waals surface area (Å²) in [5.74, 6) is -0.526. The molecule has 0 aliphatic heterocycles. The molecule has 3 aromatic rings. The van der Waals surface area contributed by atoms with Crippen LogP contribution in [0.15, 0.2) is 72.8 Å². The molecular formula is C22H19NO2. The van der Waals surface area contributed by atoms with E-state index in [0.29, 0.717) is 6.42 Å². The number of ketones is 2. The number of nitrogens with one attached hydrogen (secondary N) is 1. The highest BCUT2D eigenvalue weighted by molar-refractivity contribution is 6.16. The molecule has 2 atom stereocenters. The van der Waals surface area contributed by atoms with Crippen molar-refractivity contribution in [2.45, 2.75) is 19.3 Å². The zero-order valence-corrected chi connectivity index (χ0v) is 14.0. The Hall–Kier alpha value is -2.94. The van der Waals surface area contributed by atoms with Gasteiger partial charge >= 0.3 is 0 Å². The number of hydrogen-bond acceptors (Lipinski definition) is 2. The van der Waals surface area contributed by atoms with Crippen LogP contribution in [0.5, 0.6) is 0 Å². The summed E-state index contributed by atoms with van der Waals surface area (Å²) >= 11 is 0. The molecule has 2 aromatic carbocycles. The van der Waals surface area contributed by atoms with Gasteiger partial charge in [0, 0.05) is 17.6 Å². The Labute approximate surface area is 146 Å². The molecule has 0 saturated carbocycles. The van der Waals surface area contributed by atoms with Gasteiger partial charge in [0.25, 0.3) is 0 Å². The van der Waals surface area contributed by atoms with E-state index in [2.05, 4.69) is 4.98 Å². The Morgan fingerprint density at radius 1 is 1.00 bits per heavy atom. The quantitative estimate of drug-likeness (QED) is 0.732. The standard InChI is InChI=1S/C22H19NO2/c1-22(14-17-13-16-9-5-6-10-19(16)23-17)20(24)12-11-18(21(22)25)15-7-3-2-4-8-15/h2-13,18,23H,14H2,1H3. The maximum atomic E-state index is 13.2. The summed E-state index contributed by atoms with van der Waals surface area (Å²) in [7, 11) is 0. The van der Waals surface area contributed by atoms with E-state index in [1.165, 1.54) is 0 Å². The van der Waals surface area contributed by atoms with Crippen LogP contribution in [0.1, 0.15) is 24.1 Å². The number of rotatable bonds is 3. The Kier molecular flexibility index (Phi) is 3.65. The van der Waals surface area contributed by atoms with E-state index in [4.69, 9.17) is 0 Å². The largest absolute Gasteiger partial charge is 0.358 e. The Bertz CT molecular complexity index is 950. The van der Waals surface area contributed by atoms with Gasteiger partial charge in [-0.25, -0.2) is 0 Å². The number of carbonyl (C=O) groups excluding carboxylic acids is 2. The average Bonchev–Trinajstić information content (AvgIpc) is 3.03. The molecular weight excluding hydrogens is 310 g/mol. The van der Waals surface area contributed by atoms with Crippen molar-refractivity contribution in [1.82, 2.24) is 4.98 Å². The van der Waals surface area contributed by atoms with Crippen LogP contribution in [0, 0.1) is 5.41 Å². The maximum absolute atomic E-state index is 13.2. The van der Waals surface area contributed by atoms with Gasteiger partial charge in [-0.15, -0.1) is 0 Å². The molecule has 4 rings (SSSR count). The molecule has 124 valence electrons. The third-order valence-corrected chi connectivity index (χ3v) is 5.10. The summed E-state index contributed by atoms with van der Waals surface area (Å²) in [5.41, 5.74) is 1.81. The first-order valence-corrected chi connectivity index (χ1v) is 8.46. The van der Waals surface area contributed by atoms with Crippen LogP contribution in [0.25, 0.3) is 10.9 Å². The van der Waals surface area contributed by atoms with Gasteiger partial charge in [-0.1, -0.05) is 54.6 Å². The molecule has 1 aromatic heterocycles. The lowest BCUT2D eigenvalue weighted by molar-refractivity contribution is -0.138. The molecule has 1 N–H and O–H groups in total. The van der Waals surface area contributed by atoms with Crippen LogP contribution in [0.4, 0.5) is 0 Å². The average molecular weight is 329 g/mol. The van der Waals surface area contributed by atoms with Gasteiger partial charge in [0.1, 0.15) is 0 Å². The van der Waals surface area contributed by atoms with Crippen LogP contribution in [0.3, 0.4) is 0 Å². The number of Topliss-reactive ketones (excluding diaryl/α,β-unsaturated/α-hetero) is 1. The SMILES string of the molecule is CC1(Cc2cc3ccccc3[nH]2)C(=O)C=CC(c2ccccc2)C1=O. The van der Waals surface area contributed by atoms with Gasteiger partial charge in [-0.05, 0) is 36.1 Å². The van der Waals surface area contributed by atoms with Crippen LogP contribution in [-0.4, -0.2) is 16.6 Å². The summed E-state index contributed by atoms with van der Waals surface area (Å²) in [5, 5.41) is 1.09. The molecule has 1 aliphatic rings. The molecule has 1 aliphatic carbocycles. The lowest BCUT2D eigenvalue weighted by Crippen LogP contribution is -2.43. The normalized spacial score (nSPS) is 23.3. The number of fused-ring (bicyclic) bond motifs is 1. The second kappa shape index (κ2) is 5.85. The highest BCUT2D eigenvalue weighted by Gasteiger charge is 2.45. The van der Waals surface area contributed by atoms with E-state index in [9.17, 15) is 9.59 Å². The van der Waals surface area contributed by atoms with Crippen molar-refractivity contribution in [1.29, 1.82) is 0 Å². The van der Waals surface area contributed by atoms with E-state index in [1.54, 1.807) is 19.1 Å². The third kappa shape index (κ3) is 2.62. The van der Waals surface area contributed by atoms with Gasteiger partial charge in [-0.3, -0.25) is 9.59 Å². The summed E-state index contributed by atoms with van der Waals surface area (Å²) in [6.07, 6.45) is 3.68. The van der Waals surface area contributed by atoms with Gasteiger partial charge in [-0.2, -0.15) is 0 Å². The zero-order valence-electron chi connectivity index (χ0n) is 14.0. The highest BCUT2D eigenvalue weighted by atomic mass is 16.2. The minimum Gasteiger partial charge on any atom is -0.358 e. The van der Waals surface area contributed by atoms with E-state index >= 15 is 0 Å². The van der Waals surface area contributed by atoms with Gasteiger partial charge in [0.15, 0.2) is 11.6 Å². The van der Waals surface area contributed by atoms with Gasteiger partial charge < -0.3 is 4.98 Å². The first-order chi connectivity index (χ1) is 12.1. The molecule has 3 nitrogen and oxygen atoms in total. The molecule has 0 bridgehead atoms. The number of carbonyl (C=O) groups is 2. The number of para-hydroxylation sites is 1. The fourth-order valence-corrected chi connectivity index (χ4v) is 3.63. The molecule has 2 unspecified atom stereocenters. The van der Waals surface area contributed by atoms with Crippen molar-refractivity contribution in [2.24, 2.45) is 5.41 Å². The molecule has 25 heavy (non-hydrogen) atoms. The van der Waals surface area contributed by atoms with Gasteiger partial charge in [0.2, 0.25) is 0 Å². The minimum atomic E-state index is -1.05. The smallest absolute Gasteiger partial charge is 0.169 e. The number of benzene rings is 2. The van der Waals surface area contributed by atoms with Crippen molar-refractivity contribution < 1.29 is 9.59 Å². The van der Waals surface area contributed by atoms with E-state index in [1.807, 2.05) is 60.7 Å². The highest BCUT2D eigenvalue weighted by Crippen LogP contribution is 2.37. The number of aromatic amines is 1. The van der Waals surface area contributed by atoms with Crippen molar-refractivity contribution in [3.63, 3.8) is 0 Å². The monoisotopic (exact) mass is 329 g/mol. The molecule has 0 amide bonds. The molecule has 0 fully saturated rings. The minimum absolute atomic E-state index is 0.0372. The lowest BCUT2D eigenvalue weighted by atomic mass is 9.68. The maximum Gasteiger partial charge on any atom is 0.169 e. The second-order valence-electron chi connectivity index (χ2n) is 6.87. The van der Waals surface area contributed by atoms with E-state index in [-0.39, 0.29) is 17.5 Å². The van der Waals surface area contributed by atoms with Crippen LogP contribution >= 0.6 is 0 Å². The summed E-state index contributed by atoms with van der Waals surface area (Å²) in [4.78, 5) is 29.1. The second-order valence-corrected chi connectivity index (χ2v) is 6.87. The summed E-state index contributed by atoms with van der Waals surface area (Å²) < 4.78 is 0. The lowest BCUT2D eigenvalue weighted by Gasteiger charge is -2.31. The number of hydrogen-bond donors (Lipinski definition) is 1. The van der Waals surface area contributed by atoms with Crippen LogP contribution in [0.2, 0.25) is 0 Å². The topological polar surface area (TPSA) is 49.9 Å². The fourth-order valence-electron chi connectivity index (χ4n) is 3.63. The predicted octanol–water partition coefficient (Wildman–Crippen LogP) is 4.21. The number of allylic oxidation sites excluding steroid dienone is 2. The first-order valence-electron chi connectivity index (χ1n) is 8.46. The number of H-pyrrole nitrogens is 1. The first kappa shape index (κ1) is 15.6.